The van der Waals surface area contributed by atoms with Crippen molar-refractivity contribution < 1.29 is 9.13 Å². The number of benzene rings is 1. The molecule has 17 heavy (non-hydrogen) atoms. The van der Waals surface area contributed by atoms with E-state index >= 15 is 0 Å². The molecule has 1 heterocycles. The highest BCUT2D eigenvalue weighted by molar-refractivity contribution is 5.17. The molecule has 1 aliphatic heterocycles. The molecule has 0 bridgehead atoms. The maximum Gasteiger partial charge on any atom is 0.126 e. The van der Waals surface area contributed by atoms with Crippen molar-refractivity contribution >= 4 is 0 Å². The quantitative estimate of drug-likeness (QED) is 0.792. The molecule has 0 radical (unpaired) electrons. The third-order valence-electron chi connectivity index (χ3n) is 2.92. The van der Waals surface area contributed by atoms with Crippen LogP contribution in [0.1, 0.15) is 18.4 Å². The normalized spacial score (nSPS) is 19.0. The predicted molar refractivity (Wildman–Crippen MR) is 66.2 cm³/mol. The molecule has 1 aliphatic rings. The highest BCUT2D eigenvalue weighted by Gasteiger charge is 2.09. The summed E-state index contributed by atoms with van der Waals surface area (Å²) in [6.07, 6.45) is 6.93. The Morgan fingerprint density at radius 2 is 2.24 bits per heavy atom. The number of allylic oxidation sites excluding steroid dienone is 1. The molecule has 1 atom stereocenters. The number of halogens is 1. The van der Waals surface area contributed by atoms with Gasteiger partial charge in [-0.25, -0.2) is 4.39 Å². The van der Waals surface area contributed by atoms with E-state index in [9.17, 15) is 4.39 Å². The molecule has 0 saturated carbocycles. The lowest BCUT2D eigenvalue weighted by Gasteiger charge is -2.19. The van der Waals surface area contributed by atoms with E-state index in [4.69, 9.17) is 4.74 Å². The van der Waals surface area contributed by atoms with Crippen LogP contribution < -0.4 is 5.32 Å². The van der Waals surface area contributed by atoms with Crippen molar-refractivity contribution in [3.8, 4) is 0 Å². The van der Waals surface area contributed by atoms with Crippen LogP contribution in [0.4, 0.5) is 4.39 Å². The van der Waals surface area contributed by atoms with Crippen LogP contribution in [-0.2, 0) is 11.2 Å². The molecular weight excluding hydrogens is 217 g/mol. The summed E-state index contributed by atoms with van der Waals surface area (Å²) >= 11 is 0. The van der Waals surface area contributed by atoms with Gasteiger partial charge in [0.25, 0.3) is 0 Å². The smallest absolute Gasteiger partial charge is 0.126 e. The summed E-state index contributed by atoms with van der Waals surface area (Å²) in [6, 6.07) is 6.92. The van der Waals surface area contributed by atoms with E-state index in [0.29, 0.717) is 0 Å². The first kappa shape index (κ1) is 12.1. The average Bonchev–Trinajstić information content (AvgIpc) is 2.38. The molecule has 1 N–H and O–H groups in total. The second kappa shape index (κ2) is 6.40. The Bertz CT molecular complexity index is 378. The van der Waals surface area contributed by atoms with Crippen molar-refractivity contribution in [2.45, 2.75) is 25.4 Å². The van der Waals surface area contributed by atoms with E-state index in [0.717, 1.165) is 37.9 Å². The Morgan fingerprint density at radius 1 is 1.35 bits per heavy atom. The van der Waals surface area contributed by atoms with Gasteiger partial charge >= 0.3 is 0 Å². The van der Waals surface area contributed by atoms with Gasteiger partial charge in [-0.3, -0.25) is 0 Å². The first-order valence-corrected chi connectivity index (χ1v) is 6.11. The second-order valence-electron chi connectivity index (χ2n) is 4.25. The molecule has 0 fully saturated rings. The molecule has 92 valence electrons. The van der Waals surface area contributed by atoms with Crippen LogP contribution in [0.2, 0.25) is 0 Å². The second-order valence-corrected chi connectivity index (χ2v) is 4.25. The largest absolute Gasteiger partial charge is 0.497 e. The minimum absolute atomic E-state index is 0.119. The van der Waals surface area contributed by atoms with Gasteiger partial charge in [-0.05, 0) is 43.5 Å². The van der Waals surface area contributed by atoms with E-state index in [1.54, 1.807) is 12.3 Å². The Kier molecular flexibility index (Phi) is 4.56. The molecule has 0 aliphatic carbocycles. The Labute approximate surface area is 101 Å². The summed E-state index contributed by atoms with van der Waals surface area (Å²) in [7, 11) is 0. The summed E-state index contributed by atoms with van der Waals surface area (Å²) < 4.78 is 18.7. The first-order valence-electron chi connectivity index (χ1n) is 6.11. The van der Waals surface area contributed by atoms with Gasteiger partial charge in [0.1, 0.15) is 11.9 Å². The van der Waals surface area contributed by atoms with Crippen LogP contribution >= 0.6 is 0 Å². The molecule has 0 aromatic heterocycles. The zero-order chi connectivity index (χ0) is 11.9. The number of ether oxygens (including phenoxy) is 1. The molecular formula is C14H18FNO. The third-order valence-corrected chi connectivity index (χ3v) is 2.92. The van der Waals surface area contributed by atoms with Crippen LogP contribution in [0.3, 0.4) is 0 Å². The fourth-order valence-corrected chi connectivity index (χ4v) is 1.92. The first-order chi connectivity index (χ1) is 8.36. The molecule has 1 aromatic carbocycles. The molecule has 2 rings (SSSR count). The van der Waals surface area contributed by atoms with E-state index in [1.807, 2.05) is 18.2 Å². The van der Waals surface area contributed by atoms with Gasteiger partial charge in [-0.1, -0.05) is 18.2 Å². The van der Waals surface area contributed by atoms with Gasteiger partial charge in [0.2, 0.25) is 0 Å². The Morgan fingerprint density at radius 3 is 3.00 bits per heavy atom. The summed E-state index contributed by atoms with van der Waals surface area (Å²) in [6.45, 7) is 1.61. The molecule has 3 heteroatoms. The van der Waals surface area contributed by atoms with E-state index in [-0.39, 0.29) is 11.9 Å². The Balaban J connectivity index is 1.66. The van der Waals surface area contributed by atoms with Gasteiger partial charge in [0.05, 0.1) is 6.26 Å². The minimum atomic E-state index is -0.119. The van der Waals surface area contributed by atoms with Crippen molar-refractivity contribution in [3.05, 3.63) is 48.0 Å². The highest BCUT2D eigenvalue weighted by Crippen LogP contribution is 2.09. The van der Waals surface area contributed by atoms with Crippen LogP contribution in [-0.4, -0.2) is 19.2 Å². The summed E-state index contributed by atoms with van der Waals surface area (Å²) in [5.41, 5.74) is 0.768. The van der Waals surface area contributed by atoms with E-state index in [2.05, 4.69) is 5.32 Å². The fourth-order valence-electron chi connectivity index (χ4n) is 1.92. The van der Waals surface area contributed by atoms with E-state index < -0.39 is 0 Å². The van der Waals surface area contributed by atoms with Crippen LogP contribution in [0.5, 0.6) is 0 Å². The van der Waals surface area contributed by atoms with E-state index in [1.165, 1.54) is 6.07 Å². The van der Waals surface area contributed by atoms with Crippen molar-refractivity contribution in [2.24, 2.45) is 0 Å². The third kappa shape index (κ3) is 3.86. The van der Waals surface area contributed by atoms with Gasteiger partial charge in [-0.2, -0.15) is 0 Å². The molecule has 1 aromatic rings. The van der Waals surface area contributed by atoms with Gasteiger partial charge < -0.3 is 10.1 Å². The molecule has 1 unspecified atom stereocenters. The zero-order valence-corrected chi connectivity index (χ0v) is 9.86. The lowest BCUT2D eigenvalue weighted by molar-refractivity contribution is 0.122. The lowest BCUT2D eigenvalue weighted by atomic mass is 10.1. The van der Waals surface area contributed by atoms with Crippen molar-refractivity contribution in [1.29, 1.82) is 0 Å². The van der Waals surface area contributed by atoms with Gasteiger partial charge in [0.15, 0.2) is 0 Å². The molecule has 0 spiro atoms. The monoisotopic (exact) mass is 235 g/mol. The Hall–Kier alpha value is -1.35. The molecule has 2 nitrogen and oxygen atoms in total. The number of rotatable bonds is 5. The maximum atomic E-state index is 13.3. The van der Waals surface area contributed by atoms with Crippen molar-refractivity contribution in [1.82, 2.24) is 5.32 Å². The predicted octanol–water partition coefficient (Wildman–Crippen LogP) is 2.65. The summed E-state index contributed by atoms with van der Waals surface area (Å²) in [5.74, 6) is -0.119. The SMILES string of the molecule is Fc1ccccc1CCNCC1CCC=CO1. The van der Waals surface area contributed by atoms with Gasteiger partial charge in [0, 0.05) is 6.54 Å². The lowest BCUT2D eigenvalue weighted by Crippen LogP contribution is -2.30. The average molecular weight is 235 g/mol. The minimum Gasteiger partial charge on any atom is -0.497 e. The molecule has 0 saturated heterocycles. The summed E-state index contributed by atoms with van der Waals surface area (Å²) in [4.78, 5) is 0. The fraction of sp³-hybridized carbons (Fsp3) is 0.429. The van der Waals surface area contributed by atoms with Gasteiger partial charge in [-0.15, -0.1) is 0 Å². The van der Waals surface area contributed by atoms with Crippen molar-refractivity contribution in [3.63, 3.8) is 0 Å². The number of hydrogen-bond donors (Lipinski definition) is 1. The number of hydrogen-bond acceptors (Lipinski definition) is 2. The topological polar surface area (TPSA) is 21.3 Å². The van der Waals surface area contributed by atoms with Crippen molar-refractivity contribution in [2.75, 3.05) is 13.1 Å². The summed E-state index contributed by atoms with van der Waals surface area (Å²) in [5, 5.41) is 3.31. The van der Waals surface area contributed by atoms with Crippen LogP contribution in [0, 0.1) is 5.82 Å². The number of nitrogens with one attached hydrogen (secondary N) is 1. The maximum absolute atomic E-state index is 13.3. The van der Waals surface area contributed by atoms with Crippen LogP contribution in [0.25, 0.3) is 0 Å². The standard InChI is InChI=1S/C14H18FNO/c15-14-7-2-1-5-12(14)8-9-16-11-13-6-3-4-10-17-13/h1-2,4-5,7,10,13,16H,3,6,8-9,11H2. The van der Waals surface area contributed by atoms with Crippen LogP contribution in [0.15, 0.2) is 36.6 Å². The zero-order valence-electron chi connectivity index (χ0n) is 9.86. The highest BCUT2D eigenvalue weighted by atomic mass is 19.1. The molecule has 0 amide bonds.